The molecule has 1 fully saturated rings. The summed E-state index contributed by atoms with van der Waals surface area (Å²) in [6, 6.07) is 0. The van der Waals surface area contributed by atoms with Crippen LogP contribution in [0, 0.1) is 11.8 Å². The lowest BCUT2D eigenvalue weighted by atomic mass is 9.79. The van der Waals surface area contributed by atoms with Crippen molar-refractivity contribution in [3.05, 3.63) is 0 Å². The average Bonchev–Trinajstić information content (AvgIpc) is 2.21. The van der Waals surface area contributed by atoms with Gasteiger partial charge in [-0.3, -0.25) is 4.79 Å². The molecule has 0 aliphatic heterocycles. The normalized spacial score (nSPS) is 18.6. The van der Waals surface area contributed by atoms with Crippen LogP contribution in [0.4, 0.5) is 0 Å². The first-order chi connectivity index (χ1) is 6.22. The highest BCUT2D eigenvalue weighted by Gasteiger charge is 2.22. The molecule has 0 saturated heterocycles. The minimum Gasteiger partial charge on any atom is -0.300 e. The summed E-state index contributed by atoms with van der Waals surface area (Å²) in [5.41, 5.74) is 0. The van der Waals surface area contributed by atoms with Crippen molar-refractivity contribution in [3.63, 3.8) is 0 Å². The number of carbonyl (C=O) groups excluding carboxylic acids is 1. The van der Waals surface area contributed by atoms with Gasteiger partial charge in [0.2, 0.25) is 0 Å². The third-order valence-corrected chi connectivity index (χ3v) is 3.00. The van der Waals surface area contributed by atoms with Gasteiger partial charge in [0.1, 0.15) is 5.78 Å². The summed E-state index contributed by atoms with van der Waals surface area (Å²) >= 11 is 0. The summed E-state index contributed by atoms with van der Waals surface area (Å²) in [4.78, 5) is 11.0. The van der Waals surface area contributed by atoms with Crippen LogP contribution in [-0.4, -0.2) is 5.78 Å². The van der Waals surface area contributed by atoms with Gasteiger partial charge in [-0.1, -0.05) is 47.5 Å². The SMILES string of the molecule is C.CC.CC(=O)[C@@H](C)C1CCCCC1. The van der Waals surface area contributed by atoms with Crippen molar-refractivity contribution < 1.29 is 4.79 Å². The Bertz CT molecular complexity index is 134. The van der Waals surface area contributed by atoms with E-state index in [9.17, 15) is 4.79 Å². The van der Waals surface area contributed by atoms with E-state index >= 15 is 0 Å². The zero-order valence-corrected chi connectivity index (χ0v) is 9.60. The Morgan fingerprint density at radius 3 is 1.93 bits per heavy atom. The molecule has 0 amide bonds. The molecule has 1 heteroatoms. The molecule has 1 nitrogen and oxygen atoms in total. The molecule has 1 aliphatic carbocycles. The van der Waals surface area contributed by atoms with E-state index in [0.717, 1.165) is 0 Å². The van der Waals surface area contributed by atoms with Crippen molar-refractivity contribution in [2.75, 3.05) is 0 Å². The molecule has 0 spiro atoms. The predicted molar refractivity (Wildman–Crippen MR) is 64.5 cm³/mol. The highest BCUT2D eigenvalue weighted by Crippen LogP contribution is 2.29. The Labute approximate surface area is 90.3 Å². The number of rotatable bonds is 2. The molecule has 1 aliphatic rings. The molecule has 0 radical (unpaired) electrons. The summed E-state index contributed by atoms with van der Waals surface area (Å²) in [6.45, 7) is 7.80. The third kappa shape index (κ3) is 5.41. The topological polar surface area (TPSA) is 17.1 Å². The van der Waals surface area contributed by atoms with Gasteiger partial charge < -0.3 is 0 Å². The highest BCUT2D eigenvalue weighted by atomic mass is 16.1. The monoisotopic (exact) mass is 200 g/mol. The van der Waals surface area contributed by atoms with Crippen LogP contribution >= 0.6 is 0 Å². The maximum atomic E-state index is 11.0. The van der Waals surface area contributed by atoms with E-state index in [-0.39, 0.29) is 7.43 Å². The number of ketones is 1. The zero-order valence-electron chi connectivity index (χ0n) is 9.60. The number of carbonyl (C=O) groups is 1. The quantitative estimate of drug-likeness (QED) is 0.643. The fourth-order valence-corrected chi connectivity index (χ4v) is 1.97. The van der Waals surface area contributed by atoms with Gasteiger partial charge >= 0.3 is 0 Å². The van der Waals surface area contributed by atoms with E-state index in [4.69, 9.17) is 0 Å². The van der Waals surface area contributed by atoms with Crippen LogP contribution in [0.25, 0.3) is 0 Å². The average molecular weight is 200 g/mol. The van der Waals surface area contributed by atoms with Crippen LogP contribution in [-0.2, 0) is 4.79 Å². The van der Waals surface area contributed by atoms with E-state index in [2.05, 4.69) is 6.92 Å². The lowest BCUT2D eigenvalue weighted by Crippen LogP contribution is -2.20. The van der Waals surface area contributed by atoms with E-state index in [1.807, 2.05) is 13.8 Å². The molecule has 1 rings (SSSR count). The van der Waals surface area contributed by atoms with Crippen LogP contribution < -0.4 is 0 Å². The maximum Gasteiger partial charge on any atom is 0.132 e. The van der Waals surface area contributed by atoms with Gasteiger partial charge in [-0.15, -0.1) is 0 Å². The van der Waals surface area contributed by atoms with Crippen LogP contribution in [0.3, 0.4) is 0 Å². The molecule has 0 N–H and O–H groups in total. The molecule has 0 aromatic carbocycles. The Balaban J connectivity index is 0. The Kier molecular flexibility index (Phi) is 10.6. The Morgan fingerprint density at radius 1 is 1.14 bits per heavy atom. The highest BCUT2D eigenvalue weighted by molar-refractivity contribution is 5.78. The molecule has 0 bridgehead atoms. The second-order valence-corrected chi connectivity index (χ2v) is 3.80. The van der Waals surface area contributed by atoms with Crippen molar-refractivity contribution in [2.24, 2.45) is 11.8 Å². The molecule has 0 heterocycles. The second-order valence-electron chi connectivity index (χ2n) is 3.80. The van der Waals surface area contributed by atoms with Crippen LogP contribution in [0.15, 0.2) is 0 Å². The van der Waals surface area contributed by atoms with Crippen LogP contribution in [0.2, 0.25) is 0 Å². The van der Waals surface area contributed by atoms with Gasteiger partial charge in [0.05, 0.1) is 0 Å². The van der Waals surface area contributed by atoms with Gasteiger partial charge in [0, 0.05) is 5.92 Å². The second kappa shape index (κ2) is 9.23. The van der Waals surface area contributed by atoms with Crippen molar-refractivity contribution in [1.82, 2.24) is 0 Å². The molecular formula is C13H28O. The Hall–Kier alpha value is -0.330. The molecule has 0 aromatic rings. The first-order valence-corrected chi connectivity index (χ1v) is 5.72. The largest absolute Gasteiger partial charge is 0.300 e. The van der Waals surface area contributed by atoms with Crippen LogP contribution in [0.1, 0.15) is 67.2 Å². The summed E-state index contributed by atoms with van der Waals surface area (Å²) in [7, 11) is 0. The molecule has 14 heavy (non-hydrogen) atoms. The van der Waals surface area contributed by atoms with E-state index in [0.29, 0.717) is 17.6 Å². The minimum atomic E-state index is 0. The standard InChI is InChI=1S/C10H18O.C2H6.CH4/c1-8(9(2)11)10-6-4-3-5-7-10;1-2;/h8,10H,3-7H2,1-2H3;1-2H3;1H4/t8-;;/m1../s1. The molecule has 1 saturated carbocycles. The first-order valence-electron chi connectivity index (χ1n) is 5.72. The number of hydrogen-bond acceptors (Lipinski definition) is 1. The smallest absolute Gasteiger partial charge is 0.132 e. The minimum absolute atomic E-state index is 0. The lowest BCUT2D eigenvalue weighted by molar-refractivity contribution is -0.122. The Morgan fingerprint density at radius 2 is 1.57 bits per heavy atom. The van der Waals surface area contributed by atoms with Crippen molar-refractivity contribution in [2.45, 2.75) is 67.2 Å². The van der Waals surface area contributed by atoms with E-state index < -0.39 is 0 Å². The van der Waals surface area contributed by atoms with E-state index in [1.165, 1.54) is 32.1 Å². The number of Topliss-reactive ketones (excluding diaryl/α,β-unsaturated/α-hetero) is 1. The van der Waals surface area contributed by atoms with Crippen molar-refractivity contribution in [3.8, 4) is 0 Å². The van der Waals surface area contributed by atoms with Gasteiger partial charge in [-0.25, -0.2) is 0 Å². The maximum absolute atomic E-state index is 11.0. The molecule has 0 unspecified atom stereocenters. The zero-order chi connectivity index (χ0) is 10.3. The van der Waals surface area contributed by atoms with Crippen molar-refractivity contribution >= 4 is 5.78 Å². The molecular weight excluding hydrogens is 172 g/mol. The predicted octanol–water partition coefficient (Wildman–Crippen LogP) is 4.45. The fraction of sp³-hybridized carbons (Fsp3) is 0.923. The van der Waals surface area contributed by atoms with Gasteiger partial charge in [-0.05, 0) is 25.7 Å². The molecule has 0 aromatic heterocycles. The van der Waals surface area contributed by atoms with Gasteiger partial charge in [-0.2, -0.15) is 0 Å². The fourth-order valence-electron chi connectivity index (χ4n) is 1.97. The lowest BCUT2D eigenvalue weighted by Gasteiger charge is -2.25. The van der Waals surface area contributed by atoms with E-state index in [1.54, 1.807) is 6.92 Å². The summed E-state index contributed by atoms with van der Waals surface area (Å²) in [5.74, 6) is 1.38. The van der Waals surface area contributed by atoms with Crippen LogP contribution in [0.5, 0.6) is 0 Å². The summed E-state index contributed by atoms with van der Waals surface area (Å²) in [5, 5.41) is 0. The first kappa shape index (κ1) is 16.1. The van der Waals surface area contributed by atoms with Crippen molar-refractivity contribution in [1.29, 1.82) is 0 Å². The molecule has 86 valence electrons. The van der Waals surface area contributed by atoms with Gasteiger partial charge in [0.25, 0.3) is 0 Å². The summed E-state index contributed by atoms with van der Waals surface area (Å²) < 4.78 is 0. The summed E-state index contributed by atoms with van der Waals surface area (Å²) in [6.07, 6.45) is 6.60. The van der Waals surface area contributed by atoms with Gasteiger partial charge in [0.15, 0.2) is 0 Å². The number of hydrogen-bond donors (Lipinski definition) is 0. The molecule has 1 atom stereocenters. The third-order valence-electron chi connectivity index (χ3n) is 3.00.